The normalized spacial score (nSPS) is 11.2. The molecule has 0 aliphatic rings. The average Bonchev–Trinajstić information content (AvgIpc) is 2.81. The van der Waals surface area contributed by atoms with Crippen molar-refractivity contribution in [3.05, 3.63) is 21.3 Å². The molecule has 2 heterocycles. The van der Waals surface area contributed by atoms with Crippen molar-refractivity contribution in [2.24, 2.45) is 0 Å². The van der Waals surface area contributed by atoms with Gasteiger partial charge in [0, 0.05) is 19.2 Å². The van der Waals surface area contributed by atoms with Gasteiger partial charge in [-0.15, -0.1) is 0 Å². The number of hydrogen-bond acceptors (Lipinski definition) is 6. The first-order valence-corrected chi connectivity index (χ1v) is 7.52. The summed E-state index contributed by atoms with van der Waals surface area (Å²) in [5.74, 6) is 0.680. The summed E-state index contributed by atoms with van der Waals surface area (Å²) in [6.45, 7) is 4.34. The Morgan fingerprint density at radius 1 is 1.40 bits per heavy atom. The third-order valence-corrected chi connectivity index (χ3v) is 3.67. The molecule has 0 unspecified atom stereocenters. The largest absolute Gasteiger partial charge is 0.458 e. The SMILES string of the molecule is CCN(CCOCCO)c1cc(=S)c2occ(Br)c2o1. The summed E-state index contributed by atoms with van der Waals surface area (Å²) in [6.07, 6.45) is 1.56. The van der Waals surface area contributed by atoms with Gasteiger partial charge in [0.2, 0.25) is 0 Å². The quantitative estimate of drug-likeness (QED) is 0.602. The monoisotopic (exact) mass is 361 g/mol. The number of hydrogen-bond donors (Lipinski definition) is 1. The van der Waals surface area contributed by atoms with Crippen LogP contribution in [0.25, 0.3) is 11.2 Å². The number of furan rings is 1. The zero-order valence-corrected chi connectivity index (χ0v) is 13.5. The molecular weight excluding hydrogens is 346 g/mol. The van der Waals surface area contributed by atoms with E-state index in [9.17, 15) is 0 Å². The highest BCUT2D eigenvalue weighted by Gasteiger charge is 2.13. The van der Waals surface area contributed by atoms with Crippen molar-refractivity contribution in [3.63, 3.8) is 0 Å². The van der Waals surface area contributed by atoms with Crippen LogP contribution >= 0.6 is 28.1 Å². The first-order valence-electron chi connectivity index (χ1n) is 6.31. The average molecular weight is 362 g/mol. The second kappa shape index (κ2) is 7.21. The molecule has 20 heavy (non-hydrogen) atoms. The fraction of sp³-hybridized carbons (Fsp3) is 0.462. The Hall–Kier alpha value is -0.890. The molecule has 0 bridgehead atoms. The van der Waals surface area contributed by atoms with Gasteiger partial charge in [0.1, 0.15) is 6.26 Å². The van der Waals surface area contributed by atoms with E-state index in [0.717, 1.165) is 11.0 Å². The third-order valence-electron chi connectivity index (χ3n) is 2.82. The maximum Gasteiger partial charge on any atom is 0.197 e. The zero-order chi connectivity index (χ0) is 14.5. The number of aliphatic hydroxyl groups is 1. The summed E-state index contributed by atoms with van der Waals surface area (Å²) in [6, 6.07) is 1.78. The number of fused-ring (bicyclic) bond motifs is 1. The molecule has 110 valence electrons. The first-order chi connectivity index (χ1) is 9.67. The van der Waals surface area contributed by atoms with Crippen molar-refractivity contribution in [2.45, 2.75) is 6.92 Å². The van der Waals surface area contributed by atoms with Crippen LogP contribution in [-0.2, 0) is 4.74 Å². The summed E-state index contributed by atoms with van der Waals surface area (Å²) in [5.41, 5.74) is 1.19. The van der Waals surface area contributed by atoms with Crippen LogP contribution in [-0.4, -0.2) is 38.0 Å². The molecule has 0 fully saturated rings. The van der Waals surface area contributed by atoms with Crippen molar-refractivity contribution < 1.29 is 18.7 Å². The van der Waals surface area contributed by atoms with Gasteiger partial charge in [-0.3, -0.25) is 0 Å². The second-order valence-corrected chi connectivity index (χ2v) is 5.40. The van der Waals surface area contributed by atoms with Crippen LogP contribution in [0.15, 0.2) is 25.6 Å². The number of nitrogens with zero attached hydrogens (tertiary/aromatic N) is 1. The van der Waals surface area contributed by atoms with E-state index in [4.69, 9.17) is 30.9 Å². The lowest BCUT2D eigenvalue weighted by Crippen LogP contribution is -2.27. The van der Waals surface area contributed by atoms with Gasteiger partial charge in [0.05, 0.1) is 28.8 Å². The molecule has 0 aliphatic carbocycles. The summed E-state index contributed by atoms with van der Waals surface area (Å²) >= 11 is 8.68. The minimum Gasteiger partial charge on any atom is -0.458 e. The van der Waals surface area contributed by atoms with Gasteiger partial charge >= 0.3 is 0 Å². The van der Waals surface area contributed by atoms with Crippen LogP contribution in [0, 0.1) is 4.51 Å². The third kappa shape index (κ3) is 3.41. The Labute approximate surface area is 130 Å². The number of aliphatic hydroxyl groups excluding tert-OH is 1. The van der Waals surface area contributed by atoms with Gasteiger partial charge in [-0.2, -0.15) is 0 Å². The van der Waals surface area contributed by atoms with Crippen LogP contribution in [0.5, 0.6) is 0 Å². The summed E-state index contributed by atoms with van der Waals surface area (Å²) < 4.78 is 17.8. The number of anilines is 1. The molecule has 0 radical (unpaired) electrons. The number of ether oxygens (including phenoxy) is 1. The van der Waals surface area contributed by atoms with Gasteiger partial charge in [-0.05, 0) is 22.9 Å². The molecular formula is C13H16BrNO4S. The van der Waals surface area contributed by atoms with Gasteiger partial charge < -0.3 is 23.6 Å². The fourth-order valence-electron chi connectivity index (χ4n) is 1.82. The summed E-state index contributed by atoms with van der Waals surface area (Å²) in [5, 5.41) is 8.68. The van der Waals surface area contributed by atoms with E-state index >= 15 is 0 Å². The fourth-order valence-corrected chi connectivity index (χ4v) is 2.42. The van der Waals surface area contributed by atoms with E-state index in [1.54, 1.807) is 12.3 Å². The Morgan fingerprint density at radius 2 is 2.20 bits per heavy atom. The highest BCUT2D eigenvalue weighted by molar-refractivity contribution is 9.10. The number of halogens is 1. The highest BCUT2D eigenvalue weighted by atomic mass is 79.9. The van der Waals surface area contributed by atoms with E-state index in [1.165, 1.54) is 0 Å². The summed E-state index contributed by atoms with van der Waals surface area (Å²) in [4.78, 5) is 2.02. The van der Waals surface area contributed by atoms with Crippen LogP contribution in [0.4, 0.5) is 5.88 Å². The van der Waals surface area contributed by atoms with E-state index in [0.29, 0.717) is 41.3 Å². The van der Waals surface area contributed by atoms with Crippen LogP contribution in [0.1, 0.15) is 6.92 Å². The minimum atomic E-state index is 0.0285. The molecule has 0 saturated carbocycles. The predicted molar refractivity (Wildman–Crippen MR) is 82.8 cm³/mol. The smallest absolute Gasteiger partial charge is 0.197 e. The maximum atomic E-state index is 8.68. The molecule has 2 aromatic heterocycles. The van der Waals surface area contributed by atoms with Crippen molar-refractivity contribution in [1.29, 1.82) is 0 Å². The van der Waals surface area contributed by atoms with E-state index in [2.05, 4.69) is 15.9 Å². The highest BCUT2D eigenvalue weighted by Crippen LogP contribution is 2.31. The molecule has 0 aliphatic heterocycles. The molecule has 0 aromatic carbocycles. The van der Waals surface area contributed by atoms with Crippen molar-refractivity contribution in [3.8, 4) is 0 Å². The lowest BCUT2D eigenvalue weighted by Gasteiger charge is -2.21. The molecule has 0 atom stereocenters. The zero-order valence-electron chi connectivity index (χ0n) is 11.1. The molecule has 5 nitrogen and oxygen atoms in total. The van der Waals surface area contributed by atoms with E-state index in [-0.39, 0.29) is 6.61 Å². The van der Waals surface area contributed by atoms with Gasteiger partial charge in [-0.25, -0.2) is 0 Å². The topological polar surface area (TPSA) is 59.0 Å². The summed E-state index contributed by atoms with van der Waals surface area (Å²) in [7, 11) is 0. The molecule has 1 N–H and O–H groups in total. The number of likely N-dealkylation sites (N-methyl/N-ethyl adjacent to an activating group) is 1. The van der Waals surface area contributed by atoms with Crippen LogP contribution in [0.3, 0.4) is 0 Å². The van der Waals surface area contributed by atoms with Crippen molar-refractivity contribution in [2.75, 3.05) is 37.8 Å². The molecule has 0 amide bonds. The van der Waals surface area contributed by atoms with Crippen LogP contribution < -0.4 is 4.90 Å². The lowest BCUT2D eigenvalue weighted by atomic mass is 10.4. The van der Waals surface area contributed by atoms with Gasteiger partial charge in [0.15, 0.2) is 17.1 Å². The van der Waals surface area contributed by atoms with Gasteiger partial charge in [-0.1, -0.05) is 12.2 Å². The maximum absolute atomic E-state index is 8.68. The molecule has 2 rings (SSSR count). The Bertz CT molecular complexity index is 624. The van der Waals surface area contributed by atoms with Crippen LogP contribution in [0.2, 0.25) is 0 Å². The van der Waals surface area contributed by atoms with E-state index < -0.39 is 0 Å². The standard InChI is InChI=1S/C13H16BrNO4S/c1-2-15(3-5-17-6-4-16)11-7-10(20)13-12(19-11)9(14)8-18-13/h7-8,16H,2-6H2,1H3. The second-order valence-electron chi connectivity index (χ2n) is 4.11. The molecule has 2 aromatic rings. The minimum absolute atomic E-state index is 0.0285. The molecule has 0 saturated heterocycles. The van der Waals surface area contributed by atoms with Crippen molar-refractivity contribution in [1.82, 2.24) is 0 Å². The molecule has 7 heteroatoms. The number of rotatable bonds is 7. The Morgan fingerprint density at radius 3 is 2.90 bits per heavy atom. The Balaban J connectivity index is 2.21. The molecule has 0 spiro atoms. The lowest BCUT2D eigenvalue weighted by molar-refractivity contribution is 0.0964. The predicted octanol–water partition coefficient (Wildman–Crippen LogP) is 3.35. The Kier molecular flexibility index (Phi) is 5.59. The van der Waals surface area contributed by atoms with Gasteiger partial charge in [0.25, 0.3) is 0 Å². The van der Waals surface area contributed by atoms with Crippen molar-refractivity contribution >= 4 is 45.2 Å². The van der Waals surface area contributed by atoms with E-state index in [1.807, 2.05) is 11.8 Å². The first kappa shape index (κ1) is 15.5.